The molecule has 0 saturated carbocycles. The lowest BCUT2D eigenvalue weighted by Crippen LogP contribution is -2.49. The molecule has 21 heavy (non-hydrogen) atoms. The molecular formula is C16H22BN2O2. The van der Waals surface area contributed by atoms with Crippen molar-refractivity contribution in [2.75, 3.05) is 0 Å². The van der Waals surface area contributed by atoms with Gasteiger partial charge < -0.3 is 9.76 Å². The van der Waals surface area contributed by atoms with Gasteiger partial charge in [-0.25, -0.2) is 0 Å². The summed E-state index contributed by atoms with van der Waals surface area (Å²) in [5.74, 6) is 0. The molecular weight excluding hydrogens is 263 g/mol. The monoisotopic (exact) mass is 285 g/mol. The molecule has 1 heterocycles. The Hall–Kier alpha value is -1.59. The maximum atomic E-state index is 10.1. The minimum Gasteiger partial charge on any atom is -0.427 e. The van der Waals surface area contributed by atoms with Gasteiger partial charge in [0.2, 0.25) is 0 Å². The van der Waals surface area contributed by atoms with Crippen LogP contribution in [0.3, 0.4) is 0 Å². The first kappa shape index (κ1) is 15.8. The lowest BCUT2D eigenvalue weighted by molar-refractivity contribution is -0.0893. The van der Waals surface area contributed by atoms with E-state index in [0.717, 1.165) is 12.0 Å². The maximum absolute atomic E-state index is 10.1. The van der Waals surface area contributed by atoms with Gasteiger partial charge in [-0.2, -0.15) is 5.10 Å². The number of hydrogen-bond donors (Lipinski definition) is 1. The molecule has 0 amide bonds. The van der Waals surface area contributed by atoms with Crippen molar-refractivity contribution in [1.29, 1.82) is 0 Å². The largest absolute Gasteiger partial charge is 0.427 e. The summed E-state index contributed by atoms with van der Waals surface area (Å²) < 4.78 is 7.58. The Kier molecular flexibility index (Phi) is 4.54. The molecule has 0 atom stereocenters. The molecule has 1 aromatic heterocycles. The van der Waals surface area contributed by atoms with E-state index in [1.54, 1.807) is 27.5 Å². The highest BCUT2D eigenvalue weighted by atomic mass is 16.5. The minimum atomic E-state index is -0.927. The second kappa shape index (κ2) is 6.04. The Bertz CT molecular complexity index is 573. The average Bonchev–Trinajstić information content (AvgIpc) is 2.84. The van der Waals surface area contributed by atoms with Crippen molar-refractivity contribution >= 4 is 12.9 Å². The van der Waals surface area contributed by atoms with Crippen molar-refractivity contribution in [1.82, 2.24) is 9.78 Å². The Morgan fingerprint density at radius 2 is 1.86 bits per heavy atom. The van der Waals surface area contributed by atoms with Crippen LogP contribution in [0.15, 0.2) is 42.7 Å². The lowest BCUT2D eigenvalue weighted by Gasteiger charge is -2.37. The van der Waals surface area contributed by atoms with Crippen LogP contribution in [0.25, 0.3) is 0 Å². The first-order chi connectivity index (χ1) is 9.78. The molecule has 0 saturated heterocycles. The van der Waals surface area contributed by atoms with Crippen molar-refractivity contribution in [2.45, 2.75) is 45.4 Å². The van der Waals surface area contributed by atoms with E-state index in [2.05, 4.69) is 17.2 Å². The van der Waals surface area contributed by atoms with Gasteiger partial charge in [-0.15, -0.1) is 0 Å². The minimum absolute atomic E-state index is 0.672. The van der Waals surface area contributed by atoms with Crippen LogP contribution in [0, 0.1) is 0 Å². The highest BCUT2D eigenvalue weighted by molar-refractivity contribution is 6.46. The first-order valence-electron chi connectivity index (χ1n) is 7.08. The van der Waals surface area contributed by atoms with Gasteiger partial charge in [0.15, 0.2) is 0 Å². The number of nitrogens with zero attached hydrogens (tertiary/aromatic N) is 2. The zero-order valence-electron chi connectivity index (χ0n) is 13.1. The van der Waals surface area contributed by atoms with E-state index in [4.69, 9.17) is 4.65 Å². The number of rotatable bonds is 6. The van der Waals surface area contributed by atoms with Gasteiger partial charge in [-0.3, -0.25) is 4.68 Å². The van der Waals surface area contributed by atoms with E-state index in [1.807, 2.05) is 42.9 Å². The van der Waals surface area contributed by atoms with Crippen LogP contribution >= 0.6 is 0 Å². The molecule has 2 aromatic rings. The van der Waals surface area contributed by atoms with Gasteiger partial charge >= 0.3 is 7.48 Å². The van der Waals surface area contributed by atoms with Crippen LogP contribution < -0.4 is 5.46 Å². The molecule has 111 valence electrons. The predicted octanol–water partition coefficient (Wildman–Crippen LogP) is 1.74. The Labute approximate surface area is 127 Å². The number of aliphatic hydroxyl groups is 1. The molecule has 0 aliphatic heterocycles. The average molecular weight is 285 g/mol. The van der Waals surface area contributed by atoms with E-state index in [9.17, 15) is 5.11 Å². The molecule has 0 unspecified atom stereocenters. The SMILES string of the molecule is CC(C)(O)C(C)(C)O[B]c1cnn(Cc2ccccc2)c1. The summed E-state index contributed by atoms with van der Waals surface area (Å²) in [5.41, 5.74) is 0.478. The molecule has 0 aliphatic carbocycles. The fourth-order valence-corrected chi connectivity index (χ4v) is 1.66. The Morgan fingerprint density at radius 1 is 1.19 bits per heavy atom. The molecule has 0 spiro atoms. The maximum Gasteiger partial charge on any atom is 0.334 e. The molecule has 5 heteroatoms. The summed E-state index contributed by atoms with van der Waals surface area (Å²) in [7, 11) is 1.65. The van der Waals surface area contributed by atoms with Crippen LogP contribution in [-0.2, 0) is 11.2 Å². The third kappa shape index (κ3) is 4.19. The van der Waals surface area contributed by atoms with E-state index in [-0.39, 0.29) is 0 Å². The van der Waals surface area contributed by atoms with Crippen LogP contribution in [0.4, 0.5) is 0 Å². The first-order valence-corrected chi connectivity index (χ1v) is 7.08. The molecule has 4 nitrogen and oxygen atoms in total. The number of aromatic nitrogens is 2. The molecule has 0 aliphatic rings. The van der Waals surface area contributed by atoms with Crippen molar-refractivity contribution in [3.8, 4) is 0 Å². The smallest absolute Gasteiger partial charge is 0.334 e. The summed E-state index contributed by atoms with van der Waals surface area (Å²) in [6.07, 6.45) is 3.68. The molecule has 0 fully saturated rings. The molecule has 1 radical (unpaired) electrons. The van der Waals surface area contributed by atoms with Crippen molar-refractivity contribution in [3.05, 3.63) is 48.3 Å². The fraction of sp³-hybridized carbons (Fsp3) is 0.438. The molecule has 1 N–H and O–H groups in total. The van der Waals surface area contributed by atoms with Crippen LogP contribution in [-0.4, -0.2) is 33.6 Å². The van der Waals surface area contributed by atoms with E-state index >= 15 is 0 Å². The van der Waals surface area contributed by atoms with E-state index < -0.39 is 11.2 Å². The molecule has 1 aromatic carbocycles. The van der Waals surface area contributed by atoms with Crippen LogP contribution in [0.2, 0.25) is 0 Å². The van der Waals surface area contributed by atoms with Gasteiger partial charge in [0, 0.05) is 12.4 Å². The van der Waals surface area contributed by atoms with Crippen molar-refractivity contribution in [2.24, 2.45) is 0 Å². The topological polar surface area (TPSA) is 47.3 Å². The second-order valence-electron chi connectivity index (χ2n) is 6.26. The summed E-state index contributed by atoms with van der Waals surface area (Å²) >= 11 is 0. The third-order valence-electron chi connectivity index (χ3n) is 3.80. The molecule has 2 rings (SSSR count). The normalized spacial score (nSPS) is 12.4. The fourth-order valence-electron chi connectivity index (χ4n) is 1.66. The van der Waals surface area contributed by atoms with Gasteiger partial charge in [-0.05, 0) is 38.7 Å². The zero-order chi connectivity index (χ0) is 15.5. The highest BCUT2D eigenvalue weighted by Crippen LogP contribution is 2.24. The van der Waals surface area contributed by atoms with Crippen molar-refractivity contribution in [3.63, 3.8) is 0 Å². The number of benzene rings is 1. The summed E-state index contributed by atoms with van der Waals surface area (Å²) in [4.78, 5) is 0. The lowest BCUT2D eigenvalue weighted by atomic mass is 9.84. The quantitative estimate of drug-likeness (QED) is 0.822. The van der Waals surface area contributed by atoms with E-state index in [0.29, 0.717) is 0 Å². The zero-order valence-corrected chi connectivity index (χ0v) is 13.1. The summed E-state index contributed by atoms with van der Waals surface area (Å²) in [6, 6.07) is 10.2. The third-order valence-corrected chi connectivity index (χ3v) is 3.80. The van der Waals surface area contributed by atoms with Gasteiger partial charge in [0.1, 0.15) is 0 Å². The van der Waals surface area contributed by atoms with Gasteiger partial charge in [0.05, 0.1) is 17.7 Å². The van der Waals surface area contributed by atoms with Crippen molar-refractivity contribution < 1.29 is 9.76 Å². The van der Waals surface area contributed by atoms with Crippen LogP contribution in [0.5, 0.6) is 0 Å². The summed E-state index contributed by atoms with van der Waals surface area (Å²) in [6.45, 7) is 7.92. The second-order valence-corrected chi connectivity index (χ2v) is 6.26. The Morgan fingerprint density at radius 3 is 2.48 bits per heavy atom. The standard InChI is InChI=1S/C16H22BN2O2/c1-15(2,20)16(3,4)21-17-14-10-18-19(12-14)11-13-8-6-5-7-9-13/h5-10,12,20H,11H2,1-4H3. The van der Waals surface area contributed by atoms with Gasteiger partial charge in [-0.1, -0.05) is 30.3 Å². The Balaban J connectivity index is 1.95. The predicted molar refractivity (Wildman–Crippen MR) is 84.6 cm³/mol. The van der Waals surface area contributed by atoms with Crippen LogP contribution in [0.1, 0.15) is 33.3 Å². The molecule has 0 bridgehead atoms. The van der Waals surface area contributed by atoms with Gasteiger partial charge in [0.25, 0.3) is 0 Å². The van der Waals surface area contributed by atoms with E-state index in [1.165, 1.54) is 5.56 Å². The number of hydrogen-bond acceptors (Lipinski definition) is 3. The highest BCUT2D eigenvalue weighted by Gasteiger charge is 2.35. The summed E-state index contributed by atoms with van der Waals surface area (Å²) in [5, 5.41) is 14.4.